The number of hydrogen-bond acceptors (Lipinski definition) is 5. The molecule has 1 aliphatic carbocycles. The van der Waals surface area contributed by atoms with Crippen molar-refractivity contribution in [3.63, 3.8) is 0 Å². The summed E-state index contributed by atoms with van der Waals surface area (Å²) in [6.45, 7) is 3.67. The Labute approximate surface area is 180 Å². The van der Waals surface area contributed by atoms with Gasteiger partial charge in [-0.1, -0.05) is 44.0 Å². The number of hydrogen-bond donors (Lipinski definition) is 2. The number of carbonyl (C=O) groups is 1. The molecule has 0 spiro atoms. The molecule has 4 rings (SSSR count). The molecule has 1 fully saturated rings. The Kier molecular flexibility index (Phi) is 6.35. The highest BCUT2D eigenvalue weighted by molar-refractivity contribution is 5.99. The van der Waals surface area contributed by atoms with E-state index in [1.807, 2.05) is 18.2 Å². The van der Waals surface area contributed by atoms with Crippen molar-refractivity contribution >= 4 is 17.3 Å². The summed E-state index contributed by atoms with van der Waals surface area (Å²) in [6.07, 6.45) is 7.12. The van der Waals surface area contributed by atoms with Crippen LogP contribution < -0.4 is 10.6 Å². The summed E-state index contributed by atoms with van der Waals surface area (Å²) in [5.74, 6) is -0.199. The highest BCUT2D eigenvalue weighted by atomic mass is 19.1. The summed E-state index contributed by atoms with van der Waals surface area (Å²) in [5, 5.41) is 19.1. The molecule has 8 heteroatoms. The summed E-state index contributed by atoms with van der Waals surface area (Å²) in [4.78, 5) is 13.1. The van der Waals surface area contributed by atoms with Crippen LogP contribution in [0.25, 0.3) is 11.4 Å². The second-order valence-electron chi connectivity index (χ2n) is 7.67. The first kappa shape index (κ1) is 20.7. The third kappa shape index (κ3) is 5.14. The third-order valence-corrected chi connectivity index (χ3v) is 5.40. The number of carbonyl (C=O) groups excluding carboxylic acids is 1. The number of aromatic nitrogens is 4. The summed E-state index contributed by atoms with van der Waals surface area (Å²) in [5.41, 5.74) is 2.71. The van der Waals surface area contributed by atoms with Gasteiger partial charge in [0.15, 0.2) is 0 Å². The van der Waals surface area contributed by atoms with E-state index in [-0.39, 0.29) is 18.3 Å². The second kappa shape index (κ2) is 9.51. The maximum absolute atomic E-state index is 14.0. The average molecular weight is 420 g/mol. The number of rotatable bonds is 7. The smallest absolute Gasteiger partial charge is 0.247 e. The number of benzene rings is 2. The van der Waals surface area contributed by atoms with Gasteiger partial charge in [-0.25, -0.2) is 4.39 Å². The molecular weight excluding hydrogens is 395 g/mol. The lowest BCUT2D eigenvalue weighted by atomic mass is 9.95. The fourth-order valence-corrected chi connectivity index (χ4v) is 3.79. The minimum atomic E-state index is -0.310. The molecule has 3 aromatic rings. The minimum Gasteiger partial charge on any atom is -0.382 e. The molecule has 0 aliphatic heterocycles. The monoisotopic (exact) mass is 420 g/mol. The van der Waals surface area contributed by atoms with Crippen molar-refractivity contribution < 1.29 is 9.18 Å². The SMILES string of the molecule is C=CC(=O)Nc1ccc(NC2CCCCC2)c(-c2nnn(Cc3ccccc3F)n2)c1. The van der Waals surface area contributed by atoms with Gasteiger partial charge in [-0.3, -0.25) is 4.79 Å². The van der Waals surface area contributed by atoms with Crippen molar-refractivity contribution in [3.8, 4) is 11.4 Å². The zero-order chi connectivity index (χ0) is 21.6. The quantitative estimate of drug-likeness (QED) is 0.554. The summed E-state index contributed by atoms with van der Waals surface area (Å²) in [6, 6.07) is 12.5. The lowest BCUT2D eigenvalue weighted by molar-refractivity contribution is -0.111. The molecule has 1 amide bonds. The van der Waals surface area contributed by atoms with Crippen molar-refractivity contribution in [2.75, 3.05) is 10.6 Å². The largest absolute Gasteiger partial charge is 0.382 e. The van der Waals surface area contributed by atoms with E-state index in [1.165, 1.54) is 36.2 Å². The Morgan fingerprint density at radius 2 is 2.00 bits per heavy atom. The van der Waals surface area contributed by atoms with Crippen molar-refractivity contribution in [1.82, 2.24) is 20.2 Å². The number of tetrazole rings is 1. The molecule has 2 N–H and O–H groups in total. The van der Waals surface area contributed by atoms with Gasteiger partial charge in [0.1, 0.15) is 5.82 Å². The van der Waals surface area contributed by atoms with E-state index in [0.29, 0.717) is 23.1 Å². The Hall–Kier alpha value is -3.55. The minimum absolute atomic E-state index is 0.179. The van der Waals surface area contributed by atoms with Gasteiger partial charge in [-0.15, -0.1) is 10.2 Å². The van der Waals surface area contributed by atoms with Crippen LogP contribution in [0.15, 0.2) is 55.1 Å². The first-order valence-corrected chi connectivity index (χ1v) is 10.5. The maximum atomic E-state index is 14.0. The zero-order valence-electron chi connectivity index (χ0n) is 17.2. The van der Waals surface area contributed by atoms with Crippen molar-refractivity contribution in [2.24, 2.45) is 0 Å². The molecule has 0 radical (unpaired) electrons. The first-order valence-electron chi connectivity index (χ1n) is 10.5. The molecule has 0 saturated heterocycles. The van der Waals surface area contributed by atoms with Crippen LogP contribution in [0.4, 0.5) is 15.8 Å². The predicted molar refractivity (Wildman–Crippen MR) is 118 cm³/mol. The lowest BCUT2D eigenvalue weighted by Gasteiger charge is -2.25. The number of amides is 1. The molecule has 160 valence electrons. The maximum Gasteiger partial charge on any atom is 0.247 e. The van der Waals surface area contributed by atoms with Crippen LogP contribution in [0.3, 0.4) is 0 Å². The van der Waals surface area contributed by atoms with Crippen LogP contribution in [-0.2, 0) is 11.3 Å². The molecule has 1 heterocycles. The Bertz CT molecular complexity index is 1070. The summed E-state index contributed by atoms with van der Waals surface area (Å²) in [7, 11) is 0. The van der Waals surface area contributed by atoms with Gasteiger partial charge in [0, 0.05) is 28.5 Å². The van der Waals surface area contributed by atoms with Gasteiger partial charge >= 0.3 is 0 Å². The predicted octanol–water partition coefficient (Wildman–Crippen LogP) is 4.40. The number of anilines is 2. The number of nitrogens with one attached hydrogen (secondary N) is 2. The van der Waals surface area contributed by atoms with Crippen molar-refractivity contribution in [1.29, 1.82) is 0 Å². The summed E-state index contributed by atoms with van der Waals surface area (Å²) >= 11 is 0. The van der Waals surface area contributed by atoms with Gasteiger partial charge in [0.05, 0.1) is 6.54 Å². The molecule has 2 aromatic carbocycles. The van der Waals surface area contributed by atoms with Gasteiger partial charge in [0.25, 0.3) is 0 Å². The van der Waals surface area contributed by atoms with Gasteiger partial charge < -0.3 is 10.6 Å². The molecule has 1 aliphatic rings. The normalized spacial score (nSPS) is 14.2. The molecule has 31 heavy (non-hydrogen) atoms. The molecule has 7 nitrogen and oxygen atoms in total. The standard InChI is InChI=1S/C23H25FN6O/c1-2-22(31)26-18-12-13-21(25-17-9-4-3-5-10-17)19(14-18)23-27-29-30(28-23)15-16-8-6-7-11-20(16)24/h2,6-8,11-14,17,25H,1,3-5,9-10,15H2,(H,26,31). The number of nitrogens with zero attached hydrogens (tertiary/aromatic N) is 4. The van der Waals surface area contributed by atoms with Crippen LogP contribution in [0, 0.1) is 5.82 Å². The van der Waals surface area contributed by atoms with E-state index in [4.69, 9.17) is 0 Å². The van der Waals surface area contributed by atoms with E-state index in [2.05, 4.69) is 32.6 Å². The van der Waals surface area contributed by atoms with Gasteiger partial charge in [0.2, 0.25) is 11.7 Å². The highest BCUT2D eigenvalue weighted by Gasteiger charge is 2.18. The topological polar surface area (TPSA) is 84.7 Å². The highest BCUT2D eigenvalue weighted by Crippen LogP contribution is 2.31. The fraction of sp³-hybridized carbons (Fsp3) is 0.304. The van der Waals surface area contributed by atoms with E-state index in [9.17, 15) is 9.18 Å². The fourth-order valence-electron chi connectivity index (χ4n) is 3.79. The van der Waals surface area contributed by atoms with Crippen LogP contribution >= 0.6 is 0 Å². The van der Waals surface area contributed by atoms with E-state index in [0.717, 1.165) is 24.1 Å². The molecular formula is C23H25FN6O. The van der Waals surface area contributed by atoms with Gasteiger partial charge in [-0.05, 0) is 48.4 Å². The van der Waals surface area contributed by atoms with E-state index >= 15 is 0 Å². The Morgan fingerprint density at radius 1 is 1.19 bits per heavy atom. The van der Waals surface area contributed by atoms with Crippen LogP contribution in [0.2, 0.25) is 0 Å². The first-order chi connectivity index (χ1) is 15.1. The second-order valence-corrected chi connectivity index (χ2v) is 7.67. The van der Waals surface area contributed by atoms with E-state index in [1.54, 1.807) is 18.2 Å². The van der Waals surface area contributed by atoms with Gasteiger partial charge in [-0.2, -0.15) is 4.80 Å². The van der Waals surface area contributed by atoms with Crippen molar-refractivity contribution in [3.05, 3.63) is 66.5 Å². The zero-order valence-corrected chi connectivity index (χ0v) is 17.2. The summed E-state index contributed by atoms with van der Waals surface area (Å²) < 4.78 is 14.0. The molecule has 1 saturated carbocycles. The van der Waals surface area contributed by atoms with Crippen LogP contribution in [0.5, 0.6) is 0 Å². The Balaban J connectivity index is 1.63. The molecule has 0 bridgehead atoms. The third-order valence-electron chi connectivity index (χ3n) is 5.40. The average Bonchev–Trinajstić information content (AvgIpc) is 3.25. The van der Waals surface area contributed by atoms with Crippen LogP contribution in [-0.4, -0.2) is 32.2 Å². The Morgan fingerprint density at radius 3 is 2.77 bits per heavy atom. The van der Waals surface area contributed by atoms with E-state index < -0.39 is 0 Å². The van der Waals surface area contributed by atoms with Crippen molar-refractivity contribution in [2.45, 2.75) is 44.7 Å². The molecule has 0 unspecified atom stereocenters. The molecule has 0 atom stereocenters. The number of halogens is 1. The molecule has 1 aromatic heterocycles. The lowest BCUT2D eigenvalue weighted by Crippen LogP contribution is -2.22. The van der Waals surface area contributed by atoms with Crippen LogP contribution in [0.1, 0.15) is 37.7 Å².